The molecule has 4 nitrogen and oxygen atoms in total. The largest absolute Gasteiger partial charge is 0.380 e. The Morgan fingerprint density at radius 3 is 3.15 bits per heavy atom. The van der Waals surface area contributed by atoms with Crippen molar-refractivity contribution in [1.29, 1.82) is 0 Å². The first kappa shape index (κ1) is 7.03. The highest BCUT2D eigenvalue weighted by molar-refractivity contribution is 5.79. The summed E-state index contributed by atoms with van der Waals surface area (Å²) < 4.78 is 5.15. The zero-order chi connectivity index (χ0) is 8.67. The van der Waals surface area contributed by atoms with Crippen molar-refractivity contribution in [1.82, 2.24) is 15.0 Å². The van der Waals surface area contributed by atoms with Crippen LogP contribution in [-0.2, 0) is 4.74 Å². The molecule has 0 aliphatic carbocycles. The monoisotopic (exact) mass is 175 g/mol. The van der Waals surface area contributed by atoms with Gasteiger partial charge >= 0.3 is 0 Å². The molecule has 0 aromatic carbocycles. The molecule has 0 bridgehead atoms. The molecule has 13 heavy (non-hydrogen) atoms. The average molecular weight is 175 g/mol. The maximum Gasteiger partial charge on any atom is 0.140 e. The summed E-state index contributed by atoms with van der Waals surface area (Å²) in [6, 6.07) is 0. The molecule has 0 amide bonds. The minimum Gasteiger partial charge on any atom is -0.380 e. The molecule has 3 rings (SSSR count). The number of nitrogens with one attached hydrogen (secondary N) is 1. The van der Waals surface area contributed by atoms with Crippen molar-refractivity contribution >= 4 is 11.0 Å². The first-order valence-corrected chi connectivity index (χ1v) is 4.30. The van der Waals surface area contributed by atoms with Crippen molar-refractivity contribution < 1.29 is 4.74 Å². The van der Waals surface area contributed by atoms with Crippen LogP contribution in [0.4, 0.5) is 0 Å². The van der Waals surface area contributed by atoms with E-state index in [9.17, 15) is 0 Å². The van der Waals surface area contributed by atoms with Gasteiger partial charge < -0.3 is 9.72 Å². The fourth-order valence-corrected chi connectivity index (χ4v) is 1.63. The van der Waals surface area contributed by atoms with E-state index in [1.165, 1.54) is 5.56 Å². The van der Waals surface area contributed by atoms with Gasteiger partial charge in [-0.25, -0.2) is 9.97 Å². The van der Waals surface area contributed by atoms with E-state index >= 15 is 0 Å². The molecule has 2 aromatic rings. The maximum absolute atomic E-state index is 5.15. The highest BCUT2D eigenvalue weighted by Crippen LogP contribution is 2.28. The Balaban J connectivity index is 2.17. The molecular weight excluding hydrogens is 166 g/mol. The number of hydrogen-bond acceptors (Lipinski definition) is 3. The van der Waals surface area contributed by atoms with Crippen molar-refractivity contribution in [2.45, 2.75) is 5.92 Å². The molecule has 4 heteroatoms. The summed E-state index contributed by atoms with van der Waals surface area (Å²) in [6.07, 6.45) is 5.42. The topological polar surface area (TPSA) is 50.8 Å². The zero-order valence-electron chi connectivity index (χ0n) is 7.03. The molecule has 3 heterocycles. The quantitative estimate of drug-likeness (QED) is 0.705. The molecule has 0 atom stereocenters. The molecule has 1 N–H and O–H groups in total. The standard InChI is InChI=1S/C9H9N3O/c1-8-7(6-3-13-4-6)2-11-9(8)12-5-10-1/h1-2,5-6H,3-4H2,(H,10,11,12). The first-order valence-electron chi connectivity index (χ1n) is 4.30. The second-order valence-electron chi connectivity index (χ2n) is 3.26. The van der Waals surface area contributed by atoms with Gasteiger partial charge in [0.25, 0.3) is 0 Å². The third kappa shape index (κ3) is 0.954. The second-order valence-corrected chi connectivity index (χ2v) is 3.26. The third-order valence-electron chi connectivity index (χ3n) is 2.47. The van der Waals surface area contributed by atoms with E-state index in [2.05, 4.69) is 15.0 Å². The van der Waals surface area contributed by atoms with Crippen molar-refractivity contribution in [2.24, 2.45) is 0 Å². The normalized spacial score (nSPS) is 17.5. The van der Waals surface area contributed by atoms with Gasteiger partial charge in [-0.1, -0.05) is 0 Å². The lowest BCUT2D eigenvalue weighted by Gasteiger charge is -2.25. The molecule has 66 valence electrons. The van der Waals surface area contributed by atoms with Crippen LogP contribution in [0, 0.1) is 0 Å². The number of aromatic nitrogens is 3. The Hall–Kier alpha value is -1.42. The maximum atomic E-state index is 5.15. The summed E-state index contributed by atoms with van der Waals surface area (Å²) in [5.74, 6) is 0.528. The molecule has 0 unspecified atom stereocenters. The number of aromatic amines is 1. The lowest BCUT2D eigenvalue weighted by Crippen LogP contribution is -2.24. The van der Waals surface area contributed by atoms with Crippen LogP contribution in [0.5, 0.6) is 0 Å². The number of hydrogen-bond donors (Lipinski definition) is 1. The van der Waals surface area contributed by atoms with E-state index in [1.54, 1.807) is 6.33 Å². The molecule has 2 aromatic heterocycles. The minimum atomic E-state index is 0.528. The Morgan fingerprint density at radius 1 is 1.46 bits per heavy atom. The Labute approximate surface area is 75.0 Å². The van der Waals surface area contributed by atoms with Crippen molar-refractivity contribution in [3.63, 3.8) is 0 Å². The van der Waals surface area contributed by atoms with Gasteiger partial charge in [0.05, 0.1) is 13.2 Å². The smallest absolute Gasteiger partial charge is 0.140 e. The fraction of sp³-hybridized carbons (Fsp3) is 0.333. The molecule has 1 aliphatic heterocycles. The van der Waals surface area contributed by atoms with Crippen molar-refractivity contribution in [2.75, 3.05) is 13.2 Å². The number of rotatable bonds is 1. The van der Waals surface area contributed by atoms with Crippen LogP contribution in [0.2, 0.25) is 0 Å². The van der Waals surface area contributed by atoms with Crippen LogP contribution < -0.4 is 0 Å². The van der Waals surface area contributed by atoms with E-state index in [4.69, 9.17) is 4.74 Å². The molecule has 0 radical (unpaired) electrons. The first-order chi connectivity index (χ1) is 6.45. The van der Waals surface area contributed by atoms with E-state index in [0.717, 1.165) is 24.2 Å². The third-order valence-corrected chi connectivity index (χ3v) is 2.47. The lowest BCUT2D eigenvalue weighted by atomic mass is 9.99. The van der Waals surface area contributed by atoms with Crippen LogP contribution >= 0.6 is 0 Å². The SMILES string of the molecule is c1ncc2c(C3COC3)c[nH]c2n1. The number of ether oxygens (including phenoxy) is 1. The minimum absolute atomic E-state index is 0.528. The Kier molecular flexibility index (Phi) is 1.37. The van der Waals surface area contributed by atoms with Crippen LogP contribution in [-0.4, -0.2) is 28.2 Å². The van der Waals surface area contributed by atoms with E-state index in [1.807, 2.05) is 12.4 Å². The van der Waals surface area contributed by atoms with Gasteiger partial charge in [0.2, 0.25) is 0 Å². The molecule has 1 fully saturated rings. The fourth-order valence-electron chi connectivity index (χ4n) is 1.63. The van der Waals surface area contributed by atoms with Gasteiger partial charge in [-0.05, 0) is 5.56 Å². The summed E-state index contributed by atoms with van der Waals surface area (Å²) in [5.41, 5.74) is 2.19. The summed E-state index contributed by atoms with van der Waals surface area (Å²) in [4.78, 5) is 11.3. The van der Waals surface area contributed by atoms with Gasteiger partial charge in [-0.15, -0.1) is 0 Å². The number of H-pyrrole nitrogens is 1. The van der Waals surface area contributed by atoms with Crippen molar-refractivity contribution in [3.8, 4) is 0 Å². The van der Waals surface area contributed by atoms with Crippen LogP contribution in [0.1, 0.15) is 11.5 Å². The second kappa shape index (κ2) is 2.53. The van der Waals surface area contributed by atoms with Gasteiger partial charge in [0.15, 0.2) is 0 Å². The van der Waals surface area contributed by atoms with Gasteiger partial charge in [0.1, 0.15) is 12.0 Å². The van der Waals surface area contributed by atoms with Crippen LogP contribution in [0.3, 0.4) is 0 Å². The van der Waals surface area contributed by atoms with Crippen LogP contribution in [0.15, 0.2) is 18.7 Å². The summed E-state index contributed by atoms with van der Waals surface area (Å²) in [7, 11) is 0. The zero-order valence-corrected chi connectivity index (χ0v) is 7.03. The molecule has 1 aliphatic rings. The predicted molar refractivity (Wildman–Crippen MR) is 47.4 cm³/mol. The average Bonchev–Trinajstić information content (AvgIpc) is 2.47. The summed E-state index contributed by atoms with van der Waals surface area (Å²) in [6.45, 7) is 1.64. The van der Waals surface area contributed by atoms with Crippen molar-refractivity contribution in [3.05, 3.63) is 24.3 Å². The van der Waals surface area contributed by atoms with Gasteiger partial charge in [0, 0.05) is 23.7 Å². The lowest BCUT2D eigenvalue weighted by molar-refractivity contribution is 0.00900. The number of nitrogens with zero attached hydrogens (tertiary/aromatic N) is 2. The van der Waals surface area contributed by atoms with Gasteiger partial charge in [-0.3, -0.25) is 0 Å². The Morgan fingerprint density at radius 2 is 2.38 bits per heavy atom. The highest BCUT2D eigenvalue weighted by Gasteiger charge is 2.23. The molecule has 1 saturated heterocycles. The predicted octanol–water partition coefficient (Wildman–Crippen LogP) is 1.07. The van der Waals surface area contributed by atoms with Crippen LogP contribution in [0.25, 0.3) is 11.0 Å². The molecule has 0 saturated carbocycles. The van der Waals surface area contributed by atoms with E-state index in [0.29, 0.717) is 5.92 Å². The highest BCUT2D eigenvalue weighted by atomic mass is 16.5. The van der Waals surface area contributed by atoms with Gasteiger partial charge in [-0.2, -0.15) is 0 Å². The molecular formula is C9H9N3O. The molecule has 0 spiro atoms. The number of fused-ring (bicyclic) bond motifs is 1. The van der Waals surface area contributed by atoms with E-state index < -0.39 is 0 Å². The summed E-state index contributed by atoms with van der Waals surface area (Å²) >= 11 is 0. The van der Waals surface area contributed by atoms with E-state index in [-0.39, 0.29) is 0 Å². The Bertz CT molecular complexity index is 433. The summed E-state index contributed by atoms with van der Waals surface area (Å²) in [5, 5.41) is 1.12.